The van der Waals surface area contributed by atoms with Crippen molar-refractivity contribution >= 4 is 29.2 Å². The Labute approximate surface area is 217 Å². The molecular weight excluding hydrogens is 466 g/mol. The fourth-order valence-electron chi connectivity index (χ4n) is 5.42. The molecule has 2 aliphatic heterocycles. The first-order valence-corrected chi connectivity index (χ1v) is 12.9. The van der Waals surface area contributed by atoms with E-state index in [4.69, 9.17) is 10.5 Å². The van der Waals surface area contributed by atoms with Gasteiger partial charge in [0.15, 0.2) is 0 Å². The molecule has 5 rings (SSSR count). The van der Waals surface area contributed by atoms with Crippen LogP contribution < -0.4 is 16.0 Å². The maximum absolute atomic E-state index is 13.0. The van der Waals surface area contributed by atoms with E-state index in [1.165, 1.54) is 0 Å². The van der Waals surface area contributed by atoms with E-state index in [2.05, 4.69) is 15.2 Å². The molecule has 2 aliphatic rings. The number of carbonyl (C=O) groups excluding carboxylic acids is 2. The number of carbonyl (C=O) groups is 2. The molecule has 1 aromatic heterocycles. The molecule has 1 unspecified atom stereocenters. The zero-order valence-corrected chi connectivity index (χ0v) is 21.2. The van der Waals surface area contributed by atoms with Crippen molar-refractivity contribution < 1.29 is 14.3 Å². The maximum atomic E-state index is 13.0. The number of piperidine rings is 1. The number of nitrogens with zero attached hydrogens (tertiary/aromatic N) is 3. The van der Waals surface area contributed by atoms with Crippen molar-refractivity contribution in [2.45, 2.75) is 26.2 Å². The number of likely N-dealkylation sites (tertiary alicyclic amines) is 1. The van der Waals surface area contributed by atoms with Crippen molar-refractivity contribution in [3.63, 3.8) is 0 Å². The molecule has 3 heterocycles. The third-order valence-electron chi connectivity index (χ3n) is 7.37. The lowest BCUT2D eigenvalue weighted by atomic mass is 9.79. The molecular formula is C29H33N5O3. The second-order valence-electron chi connectivity index (χ2n) is 9.92. The number of anilines is 3. The van der Waals surface area contributed by atoms with Gasteiger partial charge in [-0.1, -0.05) is 36.4 Å². The summed E-state index contributed by atoms with van der Waals surface area (Å²) in [4.78, 5) is 33.9. The summed E-state index contributed by atoms with van der Waals surface area (Å²) in [5.74, 6) is 0.586. The van der Waals surface area contributed by atoms with Crippen LogP contribution in [0.25, 0.3) is 11.1 Å². The maximum Gasteiger partial charge on any atom is 0.409 e. The predicted molar refractivity (Wildman–Crippen MR) is 146 cm³/mol. The molecule has 3 N–H and O–H groups in total. The lowest BCUT2D eigenvalue weighted by Crippen LogP contribution is -2.45. The topological polar surface area (TPSA) is 101 Å². The Bertz CT molecular complexity index is 1260. The van der Waals surface area contributed by atoms with E-state index in [-0.39, 0.29) is 17.4 Å². The van der Waals surface area contributed by atoms with Gasteiger partial charge in [0.1, 0.15) is 5.82 Å². The van der Waals surface area contributed by atoms with Crippen molar-refractivity contribution in [3.8, 4) is 11.1 Å². The van der Waals surface area contributed by atoms with Crippen LogP contribution in [0.5, 0.6) is 0 Å². The Hall–Kier alpha value is -4.07. The van der Waals surface area contributed by atoms with Crippen LogP contribution in [-0.4, -0.2) is 54.7 Å². The van der Waals surface area contributed by atoms with Gasteiger partial charge in [-0.05, 0) is 61.6 Å². The van der Waals surface area contributed by atoms with Crippen LogP contribution in [0.4, 0.5) is 22.0 Å². The summed E-state index contributed by atoms with van der Waals surface area (Å²) in [6.07, 6.45) is 4.48. The summed E-state index contributed by atoms with van der Waals surface area (Å²) in [7, 11) is 0. The number of benzene rings is 2. The largest absolute Gasteiger partial charge is 0.450 e. The van der Waals surface area contributed by atoms with E-state index >= 15 is 0 Å². The Morgan fingerprint density at radius 1 is 1.03 bits per heavy atom. The molecule has 2 fully saturated rings. The summed E-state index contributed by atoms with van der Waals surface area (Å²) in [6, 6.07) is 19.3. The molecule has 2 saturated heterocycles. The van der Waals surface area contributed by atoms with Crippen LogP contribution in [-0.2, 0) is 4.74 Å². The zero-order valence-electron chi connectivity index (χ0n) is 21.2. The summed E-state index contributed by atoms with van der Waals surface area (Å²) < 4.78 is 5.20. The van der Waals surface area contributed by atoms with Crippen LogP contribution in [0, 0.1) is 5.41 Å². The summed E-state index contributed by atoms with van der Waals surface area (Å²) in [5, 5.41) is 2.93. The number of nitrogens with two attached hydrogens (primary N) is 1. The van der Waals surface area contributed by atoms with Crippen molar-refractivity contribution in [2.75, 3.05) is 48.7 Å². The van der Waals surface area contributed by atoms with Gasteiger partial charge in [0.05, 0.1) is 23.5 Å². The van der Waals surface area contributed by atoms with Gasteiger partial charge in [0.25, 0.3) is 5.91 Å². The highest BCUT2D eigenvalue weighted by molar-refractivity contribution is 6.06. The number of aromatic nitrogens is 1. The quantitative estimate of drug-likeness (QED) is 0.478. The SMILES string of the molecule is CCOC(=O)N1CCC2(CCCN(c3ccc(C(=O)Nc4cc(-c5ccccc5)ccc4N)cn3)C2)C1. The molecule has 1 spiro atoms. The van der Waals surface area contributed by atoms with Crippen LogP contribution in [0.1, 0.15) is 36.5 Å². The van der Waals surface area contributed by atoms with Crippen LogP contribution in [0.2, 0.25) is 0 Å². The highest BCUT2D eigenvalue weighted by atomic mass is 16.6. The minimum absolute atomic E-state index is 0.0596. The van der Waals surface area contributed by atoms with Crippen LogP contribution in [0.15, 0.2) is 66.9 Å². The van der Waals surface area contributed by atoms with Crippen LogP contribution in [0.3, 0.4) is 0 Å². The van der Waals surface area contributed by atoms with Gasteiger partial charge in [-0.2, -0.15) is 0 Å². The van der Waals surface area contributed by atoms with Crippen molar-refractivity contribution in [3.05, 3.63) is 72.4 Å². The summed E-state index contributed by atoms with van der Waals surface area (Å²) in [5.41, 5.74) is 9.78. The lowest BCUT2D eigenvalue weighted by Gasteiger charge is -2.40. The Kier molecular flexibility index (Phi) is 6.99. The minimum atomic E-state index is -0.257. The van der Waals surface area contributed by atoms with Crippen LogP contribution >= 0.6 is 0 Å². The number of pyridine rings is 1. The van der Waals surface area contributed by atoms with Gasteiger partial charge in [-0.3, -0.25) is 4.79 Å². The van der Waals surface area contributed by atoms with Gasteiger partial charge in [0, 0.05) is 37.8 Å². The average Bonchev–Trinajstić information content (AvgIpc) is 3.33. The molecule has 2 amide bonds. The molecule has 8 nitrogen and oxygen atoms in total. The number of nitrogens with one attached hydrogen (secondary N) is 1. The summed E-state index contributed by atoms with van der Waals surface area (Å²) >= 11 is 0. The standard InChI is InChI=1S/C29H33N5O3/c1-2-37-28(36)34-16-14-29(20-34)13-6-15-33(19-29)26-12-10-23(18-31-26)27(35)32-25-17-22(9-11-24(25)30)21-7-4-3-5-8-21/h3-5,7-12,17-18H,2,6,13-16,19-20,30H2,1H3,(H,32,35). The fourth-order valence-corrected chi connectivity index (χ4v) is 5.42. The number of rotatable bonds is 5. The summed E-state index contributed by atoms with van der Waals surface area (Å²) in [6.45, 7) is 5.41. The third kappa shape index (κ3) is 5.38. The number of hydrogen-bond acceptors (Lipinski definition) is 6. The smallest absolute Gasteiger partial charge is 0.409 e. The molecule has 0 radical (unpaired) electrons. The monoisotopic (exact) mass is 499 g/mol. The molecule has 0 bridgehead atoms. The molecule has 0 aliphatic carbocycles. The number of ether oxygens (including phenoxy) is 1. The normalized spacial score (nSPS) is 19.2. The Morgan fingerprint density at radius 3 is 2.62 bits per heavy atom. The molecule has 2 aromatic carbocycles. The first kappa shape index (κ1) is 24.6. The van der Waals surface area contributed by atoms with E-state index in [9.17, 15) is 9.59 Å². The first-order valence-electron chi connectivity index (χ1n) is 12.9. The molecule has 8 heteroatoms. The third-order valence-corrected chi connectivity index (χ3v) is 7.37. The van der Waals surface area contributed by atoms with Crippen molar-refractivity contribution in [2.24, 2.45) is 5.41 Å². The van der Waals surface area contributed by atoms with E-state index < -0.39 is 0 Å². The lowest BCUT2D eigenvalue weighted by molar-refractivity contribution is 0.102. The van der Waals surface area contributed by atoms with E-state index in [1.807, 2.05) is 60.4 Å². The molecule has 1 atom stereocenters. The fraction of sp³-hybridized carbons (Fsp3) is 0.345. The predicted octanol–water partition coefficient (Wildman–Crippen LogP) is 5.03. The number of hydrogen-bond donors (Lipinski definition) is 2. The molecule has 0 saturated carbocycles. The highest BCUT2D eigenvalue weighted by Crippen LogP contribution is 2.40. The Balaban J connectivity index is 1.25. The second-order valence-corrected chi connectivity index (χ2v) is 9.92. The molecule has 37 heavy (non-hydrogen) atoms. The van der Waals surface area contributed by atoms with E-state index in [0.717, 1.165) is 55.8 Å². The average molecular weight is 500 g/mol. The second kappa shape index (κ2) is 10.5. The number of nitrogen functional groups attached to an aromatic ring is 1. The number of amides is 2. The zero-order chi connectivity index (χ0) is 25.8. The van der Waals surface area contributed by atoms with Crippen molar-refractivity contribution in [1.82, 2.24) is 9.88 Å². The minimum Gasteiger partial charge on any atom is -0.450 e. The first-order chi connectivity index (χ1) is 18.0. The van der Waals surface area contributed by atoms with Gasteiger partial charge < -0.3 is 25.6 Å². The Morgan fingerprint density at radius 2 is 1.86 bits per heavy atom. The molecule has 192 valence electrons. The van der Waals surface area contributed by atoms with E-state index in [0.29, 0.717) is 30.1 Å². The van der Waals surface area contributed by atoms with Gasteiger partial charge in [0.2, 0.25) is 0 Å². The van der Waals surface area contributed by atoms with Crippen molar-refractivity contribution in [1.29, 1.82) is 0 Å². The van der Waals surface area contributed by atoms with E-state index in [1.54, 1.807) is 18.3 Å². The van der Waals surface area contributed by atoms with Gasteiger partial charge in [-0.15, -0.1) is 0 Å². The molecule has 3 aromatic rings. The van der Waals surface area contributed by atoms with Gasteiger partial charge >= 0.3 is 6.09 Å². The van der Waals surface area contributed by atoms with Gasteiger partial charge in [-0.25, -0.2) is 9.78 Å². The highest BCUT2D eigenvalue weighted by Gasteiger charge is 2.43.